The zero-order valence-electron chi connectivity index (χ0n) is 20.9. The molecule has 2 aromatic rings. The molecule has 6 nitrogen and oxygen atoms in total. The van der Waals surface area contributed by atoms with Crippen LogP contribution in [0.5, 0.6) is 0 Å². The molecule has 0 amide bonds. The Hall–Kier alpha value is -2.51. The van der Waals surface area contributed by atoms with Crippen LogP contribution in [-0.2, 0) is 21.7 Å². The summed E-state index contributed by atoms with van der Waals surface area (Å²) >= 11 is 0. The Kier molecular flexibility index (Phi) is 23.0. The summed E-state index contributed by atoms with van der Waals surface area (Å²) in [5, 5.41) is 12.4. The summed E-state index contributed by atoms with van der Waals surface area (Å²) in [5.74, 6) is 0.434. The van der Waals surface area contributed by atoms with Gasteiger partial charge in [-0.1, -0.05) is 60.4 Å². The maximum absolute atomic E-state index is 9.97. The Balaban J connectivity index is 0. The summed E-state index contributed by atoms with van der Waals surface area (Å²) in [4.78, 5) is 39.8. The molecule has 0 heterocycles. The average Bonchev–Trinajstić information content (AvgIpc) is 2.83. The minimum atomic E-state index is 0. The Bertz CT molecular complexity index is 766. The first-order valence-electron chi connectivity index (χ1n) is 11.7. The molecule has 0 radical (unpaired) electrons. The van der Waals surface area contributed by atoms with Gasteiger partial charge in [0.15, 0.2) is 0 Å². The van der Waals surface area contributed by atoms with Gasteiger partial charge in [0.05, 0.1) is 0 Å². The van der Waals surface area contributed by atoms with Crippen molar-refractivity contribution >= 4 is 23.1 Å². The van der Waals surface area contributed by atoms with Crippen molar-refractivity contribution in [1.29, 1.82) is 0 Å². The summed E-state index contributed by atoms with van der Waals surface area (Å²) in [6.45, 7) is 4.58. The van der Waals surface area contributed by atoms with E-state index in [4.69, 9.17) is 10.2 Å². The predicted molar refractivity (Wildman–Crippen MR) is 143 cm³/mol. The summed E-state index contributed by atoms with van der Waals surface area (Å²) in [6, 6.07) is 18.2. The third-order valence-electron chi connectivity index (χ3n) is 4.36. The van der Waals surface area contributed by atoms with Gasteiger partial charge < -0.3 is 19.8 Å². The second kappa shape index (κ2) is 23.2. The van der Waals surface area contributed by atoms with E-state index in [1.165, 1.54) is 12.8 Å². The summed E-state index contributed by atoms with van der Waals surface area (Å²) in [7, 11) is 0. The van der Waals surface area contributed by atoms with Gasteiger partial charge in [-0.15, -0.1) is 24.3 Å². The molecular weight excluding hydrogens is 480 g/mol. The van der Waals surface area contributed by atoms with Crippen LogP contribution in [0.25, 0.3) is 0 Å². The minimum absolute atomic E-state index is 0. The molecule has 2 aromatic carbocycles. The van der Waals surface area contributed by atoms with Crippen LogP contribution in [0.3, 0.4) is 0 Å². The normalized spacial score (nSPS) is 9.14. The topological polar surface area (TPSA) is 131 Å². The maximum Gasteiger partial charge on any atom is 0.250 e. The van der Waals surface area contributed by atoms with Crippen LogP contribution in [0, 0.1) is 12.8 Å². The molecule has 0 aliphatic rings. The van der Waals surface area contributed by atoms with E-state index in [2.05, 4.69) is 0 Å². The zero-order valence-corrected chi connectivity index (χ0v) is 22.4. The minimum Gasteiger partial charge on any atom is -0.446 e. The third-order valence-corrected chi connectivity index (χ3v) is 4.36. The zero-order chi connectivity index (χ0) is 25.6. The largest absolute Gasteiger partial charge is 0.446 e. The summed E-state index contributed by atoms with van der Waals surface area (Å²) in [5.41, 5.74) is 1.35. The number of benzene rings is 2. The van der Waals surface area contributed by atoms with Crippen molar-refractivity contribution in [1.82, 2.24) is 0 Å². The Morgan fingerprint density at radius 2 is 0.886 bits per heavy atom. The molecule has 7 heteroatoms. The number of unbranched alkanes of at least 4 members (excludes halogenated alkanes) is 3. The first-order valence-corrected chi connectivity index (χ1v) is 11.7. The summed E-state index contributed by atoms with van der Waals surface area (Å²) < 4.78 is 0. The fraction of sp³-hybridized carbons (Fsp3) is 0.357. The van der Waals surface area contributed by atoms with Crippen LogP contribution in [0.15, 0.2) is 60.7 Å². The molecule has 0 fully saturated rings. The molecule has 0 unspecified atom stereocenters. The Labute approximate surface area is 224 Å². The molecule has 8 N–H and O–H groups in total. The second-order valence-corrected chi connectivity index (χ2v) is 7.40. The number of rotatable bonds is 13. The van der Waals surface area contributed by atoms with E-state index in [-0.39, 0.29) is 44.9 Å². The molecule has 35 heavy (non-hydrogen) atoms. The van der Waals surface area contributed by atoms with Crippen LogP contribution in [0.2, 0.25) is 0 Å². The van der Waals surface area contributed by atoms with E-state index in [0.717, 1.165) is 25.7 Å². The van der Waals surface area contributed by atoms with E-state index in [1.807, 2.05) is 36.4 Å². The van der Waals surface area contributed by atoms with Gasteiger partial charge in [-0.2, -0.15) is 0 Å². The van der Waals surface area contributed by atoms with E-state index in [1.54, 1.807) is 38.1 Å². The number of hydrogen-bond donors (Lipinski definition) is 0. The molecular formula is C28H42O6Ti+4. The van der Waals surface area contributed by atoms with E-state index in [9.17, 15) is 19.2 Å². The molecule has 0 atom stereocenters. The van der Waals surface area contributed by atoms with Crippen LogP contribution < -0.4 is 0 Å². The molecule has 2 rings (SSSR count). The predicted octanol–water partition coefficient (Wildman–Crippen LogP) is 3.47. The van der Waals surface area contributed by atoms with Crippen molar-refractivity contribution in [2.24, 2.45) is 0 Å². The van der Waals surface area contributed by atoms with Gasteiger partial charge in [0.1, 0.15) is 13.2 Å². The smallest absolute Gasteiger partial charge is 0.250 e. The van der Waals surface area contributed by atoms with Crippen LogP contribution >= 0.6 is 0 Å². The molecule has 0 bridgehead atoms. The van der Waals surface area contributed by atoms with Gasteiger partial charge in [0.2, 0.25) is 23.1 Å². The molecule has 0 aliphatic carbocycles. The van der Waals surface area contributed by atoms with Crippen LogP contribution in [0.1, 0.15) is 63.5 Å². The van der Waals surface area contributed by atoms with Crippen LogP contribution in [0.4, 0.5) is 0 Å². The van der Waals surface area contributed by atoms with Gasteiger partial charge in [-0.3, -0.25) is 9.59 Å². The molecule has 0 saturated heterocycles. The van der Waals surface area contributed by atoms with E-state index >= 15 is 0 Å². The fourth-order valence-electron chi connectivity index (χ4n) is 2.81. The Morgan fingerprint density at radius 3 is 1.17 bits per heavy atom. The van der Waals surface area contributed by atoms with E-state index < -0.39 is 0 Å². The quantitative estimate of drug-likeness (QED) is 0.0952. The Morgan fingerprint density at radius 1 is 0.600 bits per heavy atom. The second-order valence-electron chi connectivity index (χ2n) is 7.40. The average molecular weight is 523 g/mol. The first kappa shape index (κ1) is 34.7. The van der Waals surface area contributed by atoms with Crippen molar-refractivity contribution in [3.63, 3.8) is 0 Å². The number of ketones is 4. The molecule has 0 spiro atoms. The molecule has 0 aromatic heterocycles. The monoisotopic (exact) mass is 522 g/mol. The third kappa shape index (κ3) is 18.5. The first-order chi connectivity index (χ1) is 16.4. The van der Waals surface area contributed by atoms with Crippen molar-refractivity contribution in [2.75, 3.05) is 13.2 Å². The van der Waals surface area contributed by atoms with Crippen LogP contribution in [-0.4, -0.2) is 65.7 Å². The standard InChI is InChI=1S/C24H24O4.2C2H6O.Ti/c25-21(17-23(27)19-11-5-3-6-12-19)15-9-1-2-10-16-22(26)18-24(28)20-13-7-4-8-14-20;2*1-2-3;/h3-8,11-14,17-18H,1-2,9-10,15-16H2;2*3H,2H2,1H3;/q-2;;;/p+6. The maximum atomic E-state index is 9.97. The number of hydrogen-bond acceptors (Lipinski definition) is 0. The van der Waals surface area contributed by atoms with Crippen molar-refractivity contribution in [2.45, 2.75) is 52.4 Å². The molecule has 190 valence electrons. The number of carbonyl (C=O) groups excluding carboxylic acids is 4. The van der Waals surface area contributed by atoms with Gasteiger partial charge in [0.25, 0.3) is 0 Å². The van der Waals surface area contributed by atoms with E-state index in [0.29, 0.717) is 37.2 Å². The molecule has 0 saturated carbocycles. The fourth-order valence-corrected chi connectivity index (χ4v) is 2.81. The van der Waals surface area contributed by atoms with Gasteiger partial charge >= 0.3 is 0 Å². The van der Waals surface area contributed by atoms with Gasteiger partial charge in [-0.25, -0.2) is 0 Å². The van der Waals surface area contributed by atoms with Crippen molar-refractivity contribution < 1.29 is 51.1 Å². The summed E-state index contributed by atoms with van der Waals surface area (Å²) in [6.07, 6.45) is 7.21. The van der Waals surface area contributed by atoms with Crippen molar-refractivity contribution in [3.05, 3.63) is 84.6 Å². The van der Waals surface area contributed by atoms with Gasteiger partial charge in [0, 0.05) is 48.4 Å². The molecule has 0 aliphatic heterocycles. The SMILES string of the molecule is CC[OH2+].CC[OH2+].[OH+]=C([CH-]C(=[OH+])c1ccccc1)CCCCCCC(=[OH+])[CH-]C(=[OH+])c1ccccc1.[Ti]. The van der Waals surface area contributed by atoms with Crippen molar-refractivity contribution in [3.8, 4) is 0 Å². The van der Waals surface area contributed by atoms with Gasteiger partial charge in [-0.05, 0) is 25.7 Å².